The van der Waals surface area contributed by atoms with Gasteiger partial charge in [0.2, 0.25) is 5.91 Å². The first kappa shape index (κ1) is 25.2. The molecule has 1 aromatic heterocycles. The van der Waals surface area contributed by atoms with Crippen LogP contribution in [-0.2, 0) is 15.0 Å². The van der Waals surface area contributed by atoms with Gasteiger partial charge in [-0.05, 0) is 64.5 Å². The standard InChI is InChI=1S/C33H24N2O5S/c1-19(36)40-22-14-12-21(13-15-22)29(37)28-27(30(38)26-11-6-18-41-26)33(24-9-4-5-10-25(24)34-32(33)39)31-23-8-3-2-7-20(23)16-17-35(28)31/h2-18,27-28,31H,1H3,(H,34,39)/t27-,28+,31-,33-/m1/s1. The van der Waals surface area contributed by atoms with E-state index < -0.39 is 29.4 Å². The fourth-order valence-corrected chi connectivity index (χ4v) is 7.47. The Kier molecular flexibility index (Phi) is 5.76. The summed E-state index contributed by atoms with van der Waals surface area (Å²) >= 11 is 1.30. The van der Waals surface area contributed by atoms with Crippen LogP contribution >= 0.6 is 11.3 Å². The van der Waals surface area contributed by atoms with Crippen molar-refractivity contribution in [3.8, 4) is 5.75 Å². The number of amides is 1. The first-order valence-corrected chi connectivity index (χ1v) is 14.1. The summed E-state index contributed by atoms with van der Waals surface area (Å²) in [5, 5.41) is 4.87. The fraction of sp³-hybridized carbons (Fsp3) is 0.152. The average Bonchev–Trinajstić information content (AvgIpc) is 3.69. The van der Waals surface area contributed by atoms with Gasteiger partial charge in [-0.2, -0.15) is 0 Å². The van der Waals surface area contributed by atoms with Crippen molar-refractivity contribution in [3.63, 3.8) is 0 Å². The van der Waals surface area contributed by atoms with Crippen LogP contribution in [0.4, 0.5) is 5.69 Å². The largest absolute Gasteiger partial charge is 0.427 e. The minimum atomic E-state index is -1.36. The Morgan fingerprint density at radius 3 is 2.41 bits per heavy atom. The van der Waals surface area contributed by atoms with E-state index in [2.05, 4.69) is 5.32 Å². The predicted octanol–water partition coefficient (Wildman–Crippen LogP) is 5.66. The van der Waals surface area contributed by atoms with Crippen LogP contribution < -0.4 is 10.1 Å². The molecule has 0 saturated carbocycles. The van der Waals surface area contributed by atoms with E-state index >= 15 is 0 Å². The van der Waals surface area contributed by atoms with Gasteiger partial charge in [0.15, 0.2) is 11.6 Å². The van der Waals surface area contributed by atoms with Crippen LogP contribution in [0.5, 0.6) is 5.75 Å². The second-order valence-corrected chi connectivity index (χ2v) is 11.4. The number of carbonyl (C=O) groups excluding carboxylic acids is 4. The number of thiophene rings is 1. The number of fused-ring (bicyclic) bond motifs is 6. The van der Waals surface area contributed by atoms with Gasteiger partial charge in [0.05, 0.1) is 16.8 Å². The van der Waals surface area contributed by atoms with E-state index in [1.54, 1.807) is 36.4 Å². The Bertz CT molecular complexity index is 1760. The number of hydrogen-bond donors (Lipinski definition) is 1. The van der Waals surface area contributed by atoms with Crippen molar-refractivity contribution in [1.29, 1.82) is 0 Å². The molecule has 0 radical (unpaired) electrons. The highest BCUT2D eigenvalue weighted by atomic mass is 32.1. The van der Waals surface area contributed by atoms with E-state index in [-0.39, 0.29) is 17.5 Å². The number of para-hydroxylation sites is 1. The molecule has 1 spiro atoms. The maximum Gasteiger partial charge on any atom is 0.308 e. The molecule has 7 rings (SSSR count). The van der Waals surface area contributed by atoms with Gasteiger partial charge in [0.25, 0.3) is 0 Å². The highest BCUT2D eigenvalue weighted by Crippen LogP contribution is 2.62. The molecule has 4 heterocycles. The lowest BCUT2D eigenvalue weighted by Gasteiger charge is -2.38. The van der Waals surface area contributed by atoms with E-state index in [0.29, 0.717) is 27.4 Å². The zero-order valence-corrected chi connectivity index (χ0v) is 22.8. The molecule has 1 saturated heterocycles. The van der Waals surface area contributed by atoms with Gasteiger partial charge in [-0.15, -0.1) is 11.3 Å². The number of benzene rings is 3. The maximum atomic E-state index is 14.6. The summed E-state index contributed by atoms with van der Waals surface area (Å²) < 4.78 is 5.16. The summed E-state index contributed by atoms with van der Waals surface area (Å²) in [5.74, 6) is -2.01. The van der Waals surface area contributed by atoms with Crippen molar-refractivity contribution < 1.29 is 23.9 Å². The highest BCUT2D eigenvalue weighted by molar-refractivity contribution is 7.12. The Hall–Kier alpha value is -4.82. The fourth-order valence-electron chi connectivity index (χ4n) is 6.76. The van der Waals surface area contributed by atoms with Gasteiger partial charge in [-0.1, -0.05) is 48.5 Å². The molecular formula is C33H24N2O5S. The SMILES string of the molecule is CC(=O)Oc1ccc(C(=O)[C@@H]2[C@H](C(=O)c3cccs3)[C@@]3(C(=O)Nc4ccccc43)[C@H]3c4ccccc4C=CN23)cc1. The molecule has 1 amide bonds. The van der Waals surface area contributed by atoms with Gasteiger partial charge in [-0.25, -0.2) is 0 Å². The van der Waals surface area contributed by atoms with Crippen LogP contribution in [0.3, 0.4) is 0 Å². The van der Waals surface area contributed by atoms with Gasteiger partial charge in [-0.3, -0.25) is 19.2 Å². The van der Waals surface area contributed by atoms with Crippen LogP contribution in [0, 0.1) is 5.92 Å². The normalized spacial score (nSPS) is 23.5. The number of nitrogens with one attached hydrogen (secondary N) is 1. The minimum Gasteiger partial charge on any atom is -0.427 e. The Morgan fingerprint density at radius 1 is 0.902 bits per heavy atom. The van der Waals surface area contributed by atoms with Crippen LogP contribution in [0.1, 0.15) is 49.7 Å². The van der Waals surface area contributed by atoms with Crippen molar-refractivity contribution in [3.05, 3.63) is 124 Å². The zero-order valence-electron chi connectivity index (χ0n) is 21.9. The highest BCUT2D eigenvalue weighted by Gasteiger charge is 2.70. The Labute approximate surface area is 240 Å². The Morgan fingerprint density at radius 2 is 1.66 bits per heavy atom. The number of ether oxygens (including phenoxy) is 1. The van der Waals surface area contributed by atoms with Crippen LogP contribution in [0.15, 0.2) is 96.5 Å². The third-order valence-electron chi connectivity index (χ3n) is 8.29. The predicted molar refractivity (Wildman–Crippen MR) is 155 cm³/mol. The van der Waals surface area contributed by atoms with Gasteiger partial charge in [0, 0.05) is 24.4 Å². The molecule has 4 atom stereocenters. The molecule has 4 aromatic rings. The Balaban J connectivity index is 1.47. The van der Waals surface area contributed by atoms with Crippen molar-refractivity contribution >= 4 is 46.5 Å². The lowest BCUT2D eigenvalue weighted by molar-refractivity contribution is -0.131. The average molecular weight is 561 g/mol. The summed E-state index contributed by atoms with van der Waals surface area (Å²) in [6.45, 7) is 1.31. The topological polar surface area (TPSA) is 92.8 Å². The molecule has 3 aliphatic rings. The molecule has 0 unspecified atom stereocenters. The molecule has 3 aliphatic heterocycles. The summed E-state index contributed by atoms with van der Waals surface area (Å²) in [6, 6.07) is 23.5. The van der Waals surface area contributed by atoms with Crippen LogP contribution in [0.25, 0.3) is 6.08 Å². The van der Waals surface area contributed by atoms with Gasteiger partial charge < -0.3 is 15.0 Å². The lowest BCUT2D eigenvalue weighted by Crippen LogP contribution is -2.49. The summed E-state index contributed by atoms with van der Waals surface area (Å²) in [5.41, 5.74) is 2.16. The van der Waals surface area contributed by atoms with E-state index in [1.807, 2.05) is 71.1 Å². The van der Waals surface area contributed by atoms with Gasteiger partial charge in [0.1, 0.15) is 17.2 Å². The lowest BCUT2D eigenvalue weighted by atomic mass is 9.63. The van der Waals surface area contributed by atoms with Crippen molar-refractivity contribution in [2.75, 3.05) is 5.32 Å². The van der Waals surface area contributed by atoms with E-state index in [0.717, 1.165) is 11.1 Å². The van der Waals surface area contributed by atoms with Crippen LogP contribution in [-0.4, -0.2) is 34.4 Å². The first-order chi connectivity index (χ1) is 19.9. The minimum absolute atomic E-state index is 0.248. The van der Waals surface area contributed by atoms with Crippen LogP contribution in [0.2, 0.25) is 0 Å². The van der Waals surface area contributed by atoms with Crippen molar-refractivity contribution in [1.82, 2.24) is 4.90 Å². The zero-order chi connectivity index (χ0) is 28.3. The molecule has 7 nitrogen and oxygen atoms in total. The number of esters is 1. The summed E-state index contributed by atoms with van der Waals surface area (Å²) in [4.78, 5) is 57.3. The molecular weight excluding hydrogens is 536 g/mol. The van der Waals surface area contributed by atoms with E-state index in [1.165, 1.54) is 18.3 Å². The number of nitrogens with zero attached hydrogens (tertiary/aromatic N) is 1. The summed E-state index contributed by atoms with van der Waals surface area (Å²) in [7, 11) is 0. The third-order valence-corrected chi connectivity index (χ3v) is 9.17. The number of anilines is 1. The molecule has 1 fully saturated rings. The van der Waals surface area contributed by atoms with E-state index in [4.69, 9.17) is 4.74 Å². The number of ketones is 2. The molecule has 0 bridgehead atoms. The second kappa shape index (κ2) is 9.38. The molecule has 8 heteroatoms. The smallest absolute Gasteiger partial charge is 0.308 e. The quantitative estimate of drug-likeness (QED) is 0.193. The van der Waals surface area contributed by atoms with Gasteiger partial charge >= 0.3 is 5.97 Å². The first-order valence-electron chi connectivity index (χ1n) is 13.3. The number of rotatable bonds is 5. The molecule has 1 N–H and O–H groups in total. The number of carbonyl (C=O) groups is 4. The maximum absolute atomic E-state index is 14.6. The molecule has 41 heavy (non-hydrogen) atoms. The number of hydrogen-bond acceptors (Lipinski definition) is 7. The van der Waals surface area contributed by atoms with Crippen molar-refractivity contribution in [2.24, 2.45) is 5.92 Å². The molecule has 0 aliphatic carbocycles. The van der Waals surface area contributed by atoms with Crippen molar-refractivity contribution in [2.45, 2.75) is 24.4 Å². The molecule has 3 aromatic carbocycles. The molecule has 202 valence electrons. The third kappa shape index (κ3) is 3.64. The second-order valence-electron chi connectivity index (χ2n) is 10.4. The van der Waals surface area contributed by atoms with E-state index in [9.17, 15) is 19.2 Å². The summed E-state index contributed by atoms with van der Waals surface area (Å²) in [6.07, 6.45) is 3.78. The monoisotopic (exact) mass is 560 g/mol. The number of Topliss-reactive ketones (excluding diaryl/α,β-unsaturated/α-hetero) is 2.